The summed E-state index contributed by atoms with van der Waals surface area (Å²) in [6.45, 7) is 0. The summed E-state index contributed by atoms with van der Waals surface area (Å²) in [5.41, 5.74) is 12.7. The van der Waals surface area contributed by atoms with Crippen LogP contribution in [0.2, 0.25) is 0 Å². The number of hydrogen-bond acceptors (Lipinski definition) is 4. The molecule has 287 valence electrons. The molecule has 12 rings (SSSR count). The summed E-state index contributed by atoms with van der Waals surface area (Å²) in [6, 6.07) is 68.9. The van der Waals surface area contributed by atoms with Crippen molar-refractivity contribution in [2.45, 2.75) is 0 Å². The van der Waals surface area contributed by atoms with E-state index in [1.165, 1.54) is 16.3 Å². The molecule has 5 heterocycles. The topological polar surface area (TPSA) is 61.7 Å². The Balaban J connectivity index is 0.000000287. The van der Waals surface area contributed by atoms with Crippen LogP contribution >= 0.6 is 0 Å². The monoisotopic (exact) mass is 948 g/mol. The Morgan fingerprint density at radius 2 is 1.22 bits per heavy atom. The Kier molecular flexibility index (Phi) is 9.66. The molecular weight excluding hydrogens is 915 g/mol. The quantitative estimate of drug-likeness (QED) is 0.161. The van der Waals surface area contributed by atoms with Gasteiger partial charge in [0.05, 0.1) is 28.6 Å². The molecule has 60 heavy (non-hydrogen) atoms. The average molecular weight is 948 g/mol. The van der Waals surface area contributed by atoms with E-state index in [1.54, 1.807) is 12.4 Å². The van der Waals surface area contributed by atoms with Crippen molar-refractivity contribution in [2.24, 2.45) is 0 Å². The van der Waals surface area contributed by atoms with Gasteiger partial charge in [-0.15, -0.1) is 48.0 Å². The summed E-state index contributed by atoms with van der Waals surface area (Å²) < 4.78 is 11.3. The Hall–Kier alpha value is -7.44. The first kappa shape index (κ1) is 36.9. The molecule has 0 aliphatic rings. The van der Waals surface area contributed by atoms with Crippen LogP contribution in [0.25, 0.3) is 99.9 Å². The first-order valence-corrected chi connectivity index (χ1v) is 19.5. The standard InChI is InChI=1S/C42H25N4O.C11H8N.Ir/c1-2-10-27(11-3-1)28-18-20-29(21-19-28)45-38-26-43-25-24-34(38)44-42(45)33-22-23-37(40-32-14-6-9-17-39(32)47-41(33)40)46-35-15-7-4-12-30(35)31-13-5-8-16-36(31)46;1-2-6-10(7-3-1)11-8-4-5-9-12-11;/h1-21,23-26H;1-6,8-9H;/q2*-1;. The Morgan fingerprint density at radius 1 is 0.533 bits per heavy atom. The van der Waals surface area contributed by atoms with Crippen LogP contribution in [0, 0.1) is 12.1 Å². The minimum Gasteiger partial charge on any atom is -0.500 e. The van der Waals surface area contributed by atoms with E-state index in [0.717, 1.165) is 83.6 Å². The van der Waals surface area contributed by atoms with Crippen LogP contribution in [-0.4, -0.2) is 24.1 Å². The minimum atomic E-state index is 0. The van der Waals surface area contributed by atoms with Crippen molar-refractivity contribution in [2.75, 3.05) is 0 Å². The van der Waals surface area contributed by atoms with Gasteiger partial charge in [-0.3, -0.25) is 9.97 Å². The Labute approximate surface area is 359 Å². The first-order valence-electron chi connectivity index (χ1n) is 19.5. The van der Waals surface area contributed by atoms with Gasteiger partial charge in [-0.2, -0.15) is 0 Å². The van der Waals surface area contributed by atoms with E-state index in [4.69, 9.17) is 9.40 Å². The van der Waals surface area contributed by atoms with Gasteiger partial charge in [-0.1, -0.05) is 115 Å². The third kappa shape index (κ3) is 6.38. The predicted molar refractivity (Wildman–Crippen MR) is 239 cm³/mol. The maximum atomic E-state index is 6.75. The second kappa shape index (κ2) is 15.7. The molecule has 0 aliphatic heterocycles. The second-order valence-electron chi connectivity index (χ2n) is 14.3. The number of imidazole rings is 1. The summed E-state index contributed by atoms with van der Waals surface area (Å²) in [4.78, 5) is 13.9. The van der Waals surface area contributed by atoms with Crippen LogP contribution in [0.5, 0.6) is 0 Å². The van der Waals surface area contributed by atoms with Crippen molar-refractivity contribution in [1.82, 2.24) is 24.1 Å². The van der Waals surface area contributed by atoms with E-state index in [9.17, 15) is 0 Å². The van der Waals surface area contributed by atoms with Gasteiger partial charge in [0.1, 0.15) is 5.58 Å². The van der Waals surface area contributed by atoms with Gasteiger partial charge in [0.2, 0.25) is 0 Å². The van der Waals surface area contributed by atoms with Gasteiger partial charge in [0.15, 0.2) is 0 Å². The number of aromatic nitrogens is 5. The average Bonchev–Trinajstić information content (AvgIpc) is 4.00. The van der Waals surface area contributed by atoms with Crippen LogP contribution in [0.15, 0.2) is 205 Å². The first-order chi connectivity index (χ1) is 29.3. The molecule has 0 fully saturated rings. The minimum absolute atomic E-state index is 0. The zero-order chi connectivity index (χ0) is 39.1. The SMILES string of the molecule is [Ir].[c-]1cc(-n2c3ccccc3c3ccccc32)c2c(oc3ccccc32)c1-c1nc2ccncc2n1-c1ccc(-c2ccccc2)cc1.[c-]1ccccc1-c1ccccn1. The third-order valence-electron chi connectivity index (χ3n) is 10.8. The molecule has 7 heteroatoms. The van der Waals surface area contributed by atoms with E-state index in [-0.39, 0.29) is 20.1 Å². The van der Waals surface area contributed by atoms with Crippen LogP contribution in [-0.2, 0) is 20.1 Å². The van der Waals surface area contributed by atoms with E-state index in [0.29, 0.717) is 0 Å². The Bertz CT molecular complexity index is 3340. The molecule has 5 aromatic heterocycles. The maximum absolute atomic E-state index is 6.75. The Morgan fingerprint density at radius 3 is 1.95 bits per heavy atom. The molecule has 7 aromatic carbocycles. The van der Waals surface area contributed by atoms with E-state index >= 15 is 0 Å². The molecule has 6 nitrogen and oxygen atoms in total. The van der Waals surface area contributed by atoms with Crippen molar-refractivity contribution >= 4 is 54.8 Å². The summed E-state index contributed by atoms with van der Waals surface area (Å²) in [7, 11) is 0. The second-order valence-corrected chi connectivity index (χ2v) is 14.3. The summed E-state index contributed by atoms with van der Waals surface area (Å²) in [5, 5.41) is 4.49. The van der Waals surface area contributed by atoms with Gasteiger partial charge in [0.25, 0.3) is 0 Å². The number of para-hydroxylation sites is 3. The van der Waals surface area contributed by atoms with E-state index in [1.807, 2.05) is 72.9 Å². The van der Waals surface area contributed by atoms with Gasteiger partial charge < -0.3 is 18.5 Å². The molecule has 0 unspecified atom stereocenters. The zero-order valence-electron chi connectivity index (χ0n) is 32.0. The number of rotatable bonds is 5. The van der Waals surface area contributed by atoms with Gasteiger partial charge in [0, 0.05) is 65.4 Å². The predicted octanol–water partition coefficient (Wildman–Crippen LogP) is 13.1. The summed E-state index contributed by atoms with van der Waals surface area (Å²) in [6.07, 6.45) is 5.45. The number of benzene rings is 7. The molecule has 0 saturated heterocycles. The zero-order valence-corrected chi connectivity index (χ0v) is 34.4. The summed E-state index contributed by atoms with van der Waals surface area (Å²) >= 11 is 0. The molecule has 12 aromatic rings. The molecule has 1 radical (unpaired) electrons. The van der Waals surface area contributed by atoms with Crippen LogP contribution in [0.1, 0.15) is 0 Å². The number of hydrogen-bond donors (Lipinski definition) is 0. The number of nitrogens with zero attached hydrogens (tertiary/aromatic N) is 5. The molecule has 0 atom stereocenters. The van der Waals surface area contributed by atoms with E-state index < -0.39 is 0 Å². The molecular formula is C53H33IrN5O-2. The molecule has 0 bridgehead atoms. The van der Waals surface area contributed by atoms with Crippen molar-refractivity contribution in [3.8, 4) is 45.1 Å². The fourth-order valence-electron chi connectivity index (χ4n) is 8.14. The van der Waals surface area contributed by atoms with Crippen molar-refractivity contribution in [3.05, 3.63) is 213 Å². The number of fused-ring (bicyclic) bond motifs is 7. The van der Waals surface area contributed by atoms with Crippen LogP contribution in [0.4, 0.5) is 0 Å². The fraction of sp³-hybridized carbons (Fsp3) is 0. The van der Waals surface area contributed by atoms with Crippen molar-refractivity contribution < 1.29 is 24.5 Å². The van der Waals surface area contributed by atoms with Crippen molar-refractivity contribution in [3.63, 3.8) is 0 Å². The molecule has 0 saturated carbocycles. The normalized spacial score (nSPS) is 11.2. The maximum Gasteiger partial charge on any atom is 0.121 e. The molecule has 0 N–H and O–H groups in total. The van der Waals surface area contributed by atoms with Crippen LogP contribution in [0.3, 0.4) is 0 Å². The number of furan rings is 1. The smallest absolute Gasteiger partial charge is 0.121 e. The molecule has 0 amide bonds. The van der Waals surface area contributed by atoms with Gasteiger partial charge >= 0.3 is 0 Å². The van der Waals surface area contributed by atoms with Gasteiger partial charge in [-0.25, -0.2) is 0 Å². The largest absolute Gasteiger partial charge is 0.500 e. The molecule has 0 spiro atoms. The van der Waals surface area contributed by atoms with Crippen LogP contribution < -0.4 is 0 Å². The van der Waals surface area contributed by atoms with Crippen molar-refractivity contribution in [1.29, 1.82) is 0 Å². The summed E-state index contributed by atoms with van der Waals surface area (Å²) in [5.74, 6) is 0.748. The third-order valence-corrected chi connectivity index (χ3v) is 10.8. The molecule has 0 aliphatic carbocycles. The van der Waals surface area contributed by atoms with Gasteiger partial charge in [-0.05, 0) is 70.4 Å². The number of pyridine rings is 2. The fourth-order valence-corrected chi connectivity index (χ4v) is 8.14. The van der Waals surface area contributed by atoms with E-state index in [2.05, 4.69) is 146 Å².